The Balaban J connectivity index is 1.82. The molecular weight excluding hydrogens is 385 g/mol. The van der Waals surface area contributed by atoms with Crippen LogP contribution in [0.25, 0.3) is 5.69 Å². The van der Waals surface area contributed by atoms with Crippen LogP contribution in [-0.2, 0) is 0 Å². The van der Waals surface area contributed by atoms with Crippen LogP contribution < -0.4 is 10.9 Å². The monoisotopic (exact) mass is 393 g/mol. The number of benzene rings is 2. The molecule has 126 valence electrons. The molecule has 5 nitrogen and oxygen atoms in total. The minimum atomic E-state index is -0.535. The summed E-state index contributed by atoms with van der Waals surface area (Å²) in [6.45, 7) is 0. The van der Waals surface area contributed by atoms with Crippen molar-refractivity contribution in [3.05, 3.63) is 85.7 Å². The standard InChI is InChI=1S/C17H10Cl3N3O2/c18-11-3-5-12(6-4-11)22-16(24)10-1-7-13(8-2-10)23-17(25)15(20)14(19)9-21-23/h1-9H,(H,22,24). The Morgan fingerprint density at radius 3 is 2.24 bits per heavy atom. The molecule has 25 heavy (non-hydrogen) atoms. The highest BCUT2D eigenvalue weighted by Gasteiger charge is 2.11. The molecule has 0 atom stereocenters. The van der Waals surface area contributed by atoms with Crippen LogP contribution in [0.2, 0.25) is 15.1 Å². The first-order valence-corrected chi connectivity index (χ1v) is 8.20. The van der Waals surface area contributed by atoms with Crippen LogP contribution in [0, 0.1) is 0 Å². The predicted octanol–water partition coefficient (Wildman–Crippen LogP) is 4.45. The average molecular weight is 395 g/mol. The lowest BCUT2D eigenvalue weighted by Gasteiger charge is -2.08. The van der Waals surface area contributed by atoms with Gasteiger partial charge in [-0.15, -0.1) is 0 Å². The molecule has 0 spiro atoms. The van der Waals surface area contributed by atoms with Crippen molar-refractivity contribution in [2.45, 2.75) is 0 Å². The van der Waals surface area contributed by atoms with Crippen molar-refractivity contribution in [2.24, 2.45) is 0 Å². The third kappa shape index (κ3) is 3.85. The molecule has 1 aromatic heterocycles. The first-order valence-electron chi connectivity index (χ1n) is 7.06. The molecule has 1 heterocycles. The number of amides is 1. The van der Waals surface area contributed by atoms with Gasteiger partial charge in [-0.3, -0.25) is 9.59 Å². The van der Waals surface area contributed by atoms with Gasteiger partial charge in [0, 0.05) is 16.3 Å². The van der Waals surface area contributed by atoms with Crippen molar-refractivity contribution in [3.63, 3.8) is 0 Å². The topological polar surface area (TPSA) is 64.0 Å². The fourth-order valence-corrected chi connectivity index (χ4v) is 2.47. The number of halogens is 3. The highest BCUT2D eigenvalue weighted by Crippen LogP contribution is 2.17. The quantitative estimate of drug-likeness (QED) is 0.714. The minimum Gasteiger partial charge on any atom is -0.322 e. The largest absolute Gasteiger partial charge is 0.322 e. The van der Waals surface area contributed by atoms with Crippen molar-refractivity contribution >= 4 is 46.4 Å². The molecule has 3 aromatic rings. The second-order valence-corrected chi connectivity index (χ2v) is 6.25. The predicted molar refractivity (Wildman–Crippen MR) is 99.3 cm³/mol. The Bertz CT molecular complexity index is 984. The number of nitrogens with zero attached hydrogens (tertiary/aromatic N) is 2. The molecule has 0 aliphatic heterocycles. The molecule has 0 aliphatic carbocycles. The molecule has 0 saturated carbocycles. The van der Waals surface area contributed by atoms with Gasteiger partial charge in [-0.2, -0.15) is 9.78 Å². The fraction of sp³-hybridized carbons (Fsp3) is 0. The molecule has 1 amide bonds. The summed E-state index contributed by atoms with van der Waals surface area (Å²) in [5, 5.41) is 7.25. The van der Waals surface area contributed by atoms with Crippen molar-refractivity contribution in [1.82, 2.24) is 9.78 Å². The van der Waals surface area contributed by atoms with E-state index in [-0.39, 0.29) is 16.0 Å². The van der Waals surface area contributed by atoms with E-state index in [2.05, 4.69) is 10.4 Å². The van der Waals surface area contributed by atoms with Gasteiger partial charge in [0.05, 0.1) is 16.9 Å². The molecule has 8 heteroatoms. The number of hydrogen-bond donors (Lipinski definition) is 1. The number of nitrogens with one attached hydrogen (secondary N) is 1. The Labute approximate surface area is 157 Å². The van der Waals surface area contributed by atoms with Crippen molar-refractivity contribution in [2.75, 3.05) is 5.32 Å². The van der Waals surface area contributed by atoms with Gasteiger partial charge in [-0.1, -0.05) is 34.8 Å². The summed E-state index contributed by atoms with van der Waals surface area (Å²) in [7, 11) is 0. The van der Waals surface area contributed by atoms with Crippen LogP contribution in [0.5, 0.6) is 0 Å². The maximum absolute atomic E-state index is 12.2. The molecule has 2 aromatic carbocycles. The number of carbonyl (C=O) groups is 1. The lowest BCUT2D eigenvalue weighted by atomic mass is 10.2. The van der Waals surface area contributed by atoms with Gasteiger partial charge in [0.1, 0.15) is 5.02 Å². The van der Waals surface area contributed by atoms with E-state index >= 15 is 0 Å². The van der Waals surface area contributed by atoms with Crippen molar-refractivity contribution in [3.8, 4) is 5.69 Å². The van der Waals surface area contributed by atoms with E-state index < -0.39 is 5.56 Å². The first-order chi connectivity index (χ1) is 12.0. The molecule has 3 rings (SSSR count). The van der Waals surface area contributed by atoms with E-state index in [0.717, 1.165) is 4.68 Å². The number of aromatic nitrogens is 2. The molecule has 1 N–H and O–H groups in total. The van der Waals surface area contributed by atoms with Crippen LogP contribution in [0.4, 0.5) is 5.69 Å². The Morgan fingerprint density at radius 1 is 0.960 bits per heavy atom. The molecular formula is C17H10Cl3N3O2. The molecule has 0 radical (unpaired) electrons. The summed E-state index contributed by atoms with van der Waals surface area (Å²) in [6, 6.07) is 13.1. The van der Waals surface area contributed by atoms with Crippen LogP contribution in [0.3, 0.4) is 0 Å². The van der Waals surface area contributed by atoms with E-state index in [1.165, 1.54) is 6.20 Å². The van der Waals surface area contributed by atoms with Crippen LogP contribution in [0.1, 0.15) is 10.4 Å². The van der Waals surface area contributed by atoms with E-state index in [0.29, 0.717) is 22.0 Å². The third-order valence-electron chi connectivity index (χ3n) is 3.35. The summed E-state index contributed by atoms with van der Waals surface area (Å²) >= 11 is 17.4. The lowest BCUT2D eigenvalue weighted by Crippen LogP contribution is -2.21. The second kappa shape index (κ2) is 7.27. The zero-order valence-electron chi connectivity index (χ0n) is 12.5. The minimum absolute atomic E-state index is 0.0851. The van der Waals surface area contributed by atoms with Gasteiger partial charge < -0.3 is 5.32 Å². The molecule has 0 saturated heterocycles. The number of rotatable bonds is 3. The van der Waals surface area contributed by atoms with Gasteiger partial charge >= 0.3 is 0 Å². The number of carbonyl (C=O) groups excluding carboxylic acids is 1. The first kappa shape index (κ1) is 17.5. The summed E-state index contributed by atoms with van der Waals surface area (Å²) in [6.07, 6.45) is 1.28. The highest BCUT2D eigenvalue weighted by molar-refractivity contribution is 6.41. The smallest absolute Gasteiger partial charge is 0.291 e. The van der Waals surface area contributed by atoms with Crippen LogP contribution >= 0.6 is 34.8 Å². The van der Waals surface area contributed by atoms with Crippen LogP contribution in [0.15, 0.2) is 59.5 Å². The van der Waals surface area contributed by atoms with Crippen molar-refractivity contribution < 1.29 is 4.79 Å². The van der Waals surface area contributed by atoms with Gasteiger partial charge in [-0.05, 0) is 48.5 Å². The Hall–Kier alpha value is -2.34. The fourth-order valence-electron chi connectivity index (χ4n) is 2.09. The maximum Gasteiger partial charge on any atom is 0.291 e. The van der Waals surface area contributed by atoms with E-state index in [1.54, 1.807) is 48.5 Å². The number of anilines is 1. The molecule has 0 unspecified atom stereocenters. The van der Waals surface area contributed by atoms with Crippen LogP contribution in [-0.4, -0.2) is 15.7 Å². The normalized spacial score (nSPS) is 10.5. The van der Waals surface area contributed by atoms with E-state index in [1.807, 2.05) is 0 Å². The van der Waals surface area contributed by atoms with Crippen molar-refractivity contribution in [1.29, 1.82) is 0 Å². The number of hydrogen-bond acceptors (Lipinski definition) is 3. The summed E-state index contributed by atoms with van der Waals surface area (Å²) in [5.74, 6) is -0.289. The zero-order chi connectivity index (χ0) is 18.0. The maximum atomic E-state index is 12.2. The highest BCUT2D eigenvalue weighted by atomic mass is 35.5. The Kier molecular flexibility index (Phi) is 5.08. The van der Waals surface area contributed by atoms with Gasteiger partial charge in [0.15, 0.2) is 0 Å². The van der Waals surface area contributed by atoms with Gasteiger partial charge in [-0.25, -0.2) is 0 Å². The second-order valence-electron chi connectivity index (χ2n) is 5.03. The Morgan fingerprint density at radius 2 is 1.60 bits per heavy atom. The molecule has 0 aliphatic rings. The van der Waals surface area contributed by atoms with Gasteiger partial charge in [0.25, 0.3) is 11.5 Å². The third-order valence-corrected chi connectivity index (χ3v) is 4.35. The summed E-state index contributed by atoms with van der Waals surface area (Å²) in [4.78, 5) is 24.3. The lowest BCUT2D eigenvalue weighted by molar-refractivity contribution is 0.102. The van der Waals surface area contributed by atoms with E-state index in [4.69, 9.17) is 34.8 Å². The zero-order valence-corrected chi connectivity index (χ0v) is 14.8. The summed E-state index contributed by atoms with van der Waals surface area (Å²) in [5.41, 5.74) is 0.979. The summed E-state index contributed by atoms with van der Waals surface area (Å²) < 4.78 is 1.11. The van der Waals surface area contributed by atoms with Gasteiger partial charge in [0.2, 0.25) is 0 Å². The SMILES string of the molecule is O=C(Nc1ccc(Cl)cc1)c1ccc(-n2ncc(Cl)c(Cl)c2=O)cc1. The molecule has 0 bridgehead atoms. The molecule has 0 fully saturated rings. The average Bonchev–Trinajstić information content (AvgIpc) is 2.62. The van der Waals surface area contributed by atoms with E-state index in [9.17, 15) is 9.59 Å².